The molecular weight excluding hydrogens is 434 g/mol. The molecular formula is C25H31N5O4. The van der Waals surface area contributed by atoms with Crippen molar-refractivity contribution in [3.05, 3.63) is 42.2 Å². The van der Waals surface area contributed by atoms with E-state index in [1.54, 1.807) is 62.1 Å². The maximum Gasteiger partial charge on any atom is 0.414 e. The highest BCUT2D eigenvalue weighted by Crippen LogP contribution is 2.36. The van der Waals surface area contributed by atoms with Crippen LogP contribution in [0, 0.1) is 5.92 Å². The lowest BCUT2D eigenvalue weighted by molar-refractivity contribution is -0.139. The standard InChI is InChI=1S/C25H31N5O4/c1-25(2,3)34-24(33)28-23-26-14-19(15-27-23)17-6-5-7-18(13-17)21(31)30-11-10-29(4)22(32)20(30)12-16-8-9-16/h5-7,13-16,20H,8-12H2,1-4H3,(H,26,27,28,33). The smallest absolute Gasteiger partial charge is 0.414 e. The van der Waals surface area contributed by atoms with Gasteiger partial charge in [-0.15, -0.1) is 0 Å². The van der Waals surface area contributed by atoms with Gasteiger partial charge in [0, 0.05) is 43.7 Å². The zero-order valence-corrected chi connectivity index (χ0v) is 20.1. The van der Waals surface area contributed by atoms with Crippen molar-refractivity contribution in [2.45, 2.75) is 51.7 Å². The monoisotopic (exact) mass is 465 g/mol. The van der Waals surface area contributed by atoms with E-state index >= 15 is 0 Å². The summed E-state index contributed by atoms with van der Waals surface area (Å²) in [6, 6.07) is 6.83. The molecule has 1 atom stereocenters. The van der Waals surface area contributed by atoms with Gasteiger partial charge in [0.2, 0.25) is 11.9 Å². The van der Waals surface area contributed by atoms with Crippen molar-refractivity contribution < 1.29 is 19.1 Å². The van der Waals surface area contributed by atoms with E-state index in [2.05, 4.69) is 15.3 Å². The van der Waals surface area contributed by atoms with Crippen LogP contribution in [0.4, 0.5) is 10.7 Å². The third kappa shape index (κ3) is 5.70. The Kier molecular flexibility index (Phi) is 6.54. The molecule has 34 heavy (non-hydrogen) atoms. The first-order chi connectivity index (χ1) is 16.1. The fourth-order valence-corrected chi connectivity index (χ4v) is 3.99. The van der Waals surface area contributed by atoms with E-state index in [1.165, 1.54) is 0 Å². The van der Waals surface area contributed by atoms with E-state index in [0.717, 1.165) is 24.8 Å². The number of nitrogens with zero attached hydrogens (tertiary/aromatic N) is 4. The maximum atomic E-state index is 13.4. The molecule has 0 radical (unpaired) electrons. The van der Waals surface area contributed by atoms with Gasteiger partial charge in [-0.25, -0.2) is 14.8 Å². The molecule has 180 valence electrons. The highest BCUT2D eigenvalue weighted by atomic mass is 16.6. The number of anilines is 1. The molecule has 9 nitrogen and oxygen atoms in total. The molecule has 2 heterocycles. The van der Waals surface area contributed by atoms with Crippen LogP contribution in [0.5, 0.6) is 0 Å². The Morgan fingerprint density at radius 2 is 1.82 bits per heavy atom. The molecule has 1 aliphatic heterocycles. The zero-order valence-electron chi connectivity index (χ0n) is 20.1. The van der Waals surface area contributed by atoms with E-state index in [9.17, 15) is 14.4 Å². The third-order valence-corrected chi connectivity index (χ3v) is 5.94. The fourth-order valence-electron chi connectivity index (χ4n) is 3.99. The normalized spacial score (nSPS) is 18.6. The molecule has 0 bridgehead atoms. The van der Waals surface area contributed by atoms with E-state index in [1.807, 2.05) is 12.1 Å². The number of likely N-dealkylation sites (N-methyl/N-ethyl adjacent to an activating group) is 1. The number of benzene rings is 1. The van der Waals surface area contributed by atoms with Gasteiger partial charge in [-0.05, 0) is 50.8 Å². The van der Waals surface area contributed by atoms with Crippen LogP contribution in [0.1, 0.15) is 50.4 Å². The second kappa shape index (κ2) is 9.40. The summed E-state index contributed by atoms with van der Waals surface area (Å²) in [5.74, 6) is 0.540. The van der Waals surface area contributed by atoms with Crippen LogP contribution in [0.15, 0.2) is 36.7 Å². The van der Waals surface area contributed by atoms with Crippen LogP contribution in [0.3, 0.4) is 0 Å². The summed E-state index contributed by atoms with van der Waals surface area (Å²) in [6.07, 6.45) is 5.52. The Hall–Kier alpha value is -3.49. The second-order valence-corrected chi connectivity index (χ2v) is 9.96. The molecule has 2 aromatic rings. The Labute approximate surface area is 199 Å². The highest BCUT2D eigenvalue weighted by molar-refractivity contribution is 5.99. The summed E-state index contributed by atoms with van der Waals surface area (Å²) in [4.78, 5) is 49.9. The Bertz CT molecular complexity index is 1080. The number of carbonyl (C=O) groups excluding carboxylic acids is 3. The first-order valence-electron chi connectivity index (χ1n) is 11.6. The first-order valence-corrected chi connectivity index (χ1v) is 11.6. The number of hydrogen-bond acceptors (Lipinski definition) is 6. The molecule has 1 aromatic carbocycles. The van der Waals surface area contributed by atoms with Gasteiger partial charge in [-0.2, -0.15) is 0 Å². The van der Waals surface area contributed by atoms with E-state index in [4.69, 9.17) is 4.74 Å². The summed E-state index contributed by atoms with van der Waals surface area (Å²) in [7, 11) is 1.80. The topological polar surface area (TPSA) is 105 Å². The number of rotatable bonds is 5. The van der Waals surface area contributed by atoms with Crippen molar-refractivity contribution in [3.63, 3.8) is 0 Å². The lowest BCUT2D eigenvalue weighted by Gasteiger charge is -2.39. The van der Waals surface area contributed by atoms with Crippen molar-refractivity contribution >= 4 is 23.9 Å². The Morgan fingerprint density at radius 1 is 1.12 bits per heavy atom. The minimum atomic E-state index is -0.629. The molecule has 4 rings (SSSR count). The van der Waals surface area contributed by atoms with Crippen LogP contribution in [0.2, 0.25) is 0 Å². The molecule has 1 aromatic heterocycles. The number of nitrogens with one attached hydrogen (secondary N) is 1. The predicted octanol–water partition coefficient (Wildman–Crippen LogP) is 3.57. The summed E-state index contributed by atoms with van der Waals surface area (Å²) in [5, 5.41) is 2.50. The molecule has 2 aliphatic rings. The molecule has 9 heteroatoms. The Morgan fingerprint density at radius 3 is 2.47 bits per heavy atom. The van der Waals surface area contributed by atoms with Crippen molar-refractivity contribution in [2.75, 3.05) is 25.5 Å². The van der Waals surface area contributed by atoms with Crippen LogP contribution in [0.25, 0.3) is 11.1 Å². The molecule has 2 fully saturated rings. The van der Waals surface area contributed by atoms with Gasteiger partial charge in [0.25, 0.3) is 5.91 Å². The summed E-state index contributed by atoms with van der Waals surface area (Å²) < 4.78 is 5.21. The van der Waals surface area contributed by atoms with Crippen LogP contribution >= 0.6 is 0 Å². The molecule has 1 saturated heterocycles. The van der Waals surface area contributed by atoms with Gasteiger partial charge in [-0.3, -0.25) is 14.9 Å². The molecule has 1 aliphatic carbocycles. The average molecular weight is 466 g/mol. The Balaban J connectivity index is 1.48. The molecule has 1 saturated carbocycles. The number of ether oxygens (including phenoxy) is 1. The summed E-state index contributed by atoms with van der Waals surface area (Å²) in [6.45, 7) is 6.38. The van der Waals surface area contributed by atoms with Gasteiger partial charge in [0.15, 0.2) is 0 Å². The zero-order chi connectivity index (χ0) is 24.5. The summed E-state index contributed by atoms with van der Waals surface area (Å²) >= 11 is 0. The SMILES string of the molecule is CN1CCN(C(=O)c2cccc(-c3cnc(NC(=O)OC(C)(C)C)nc3)c2)C(CC2CC2)C1=O. The third-order valence-electron chi connectivity index (χ3n) is 5.94. The fraction of sp³-hybridized carbons (Fsp3) is 0.480. The number of amides is 3. The molecule has 1 N–H and O–H groups in total. The van der Waals surface area contributed by atoms with E-state index in [-0.39, 0.29) is 17.8 Å². The largest absolute Gasteiger partial charge is 0.444 e. The average Bonchev–Trinajstić information content (AvgIpc) is 3.60. The number of carbonyl (C=O) groups is 3. The number of aromatic nitrogens is 2. The van der Waals surface area contributed by atoms with Gasteiger partial charge in [0.1, 0.15) is 11.6 Å². The van der Waals surface area contributed by atoms with Gasteiger partial charge in [0.05, 0.1) is 0 Å². The lowest BCUT2D eigenvalue weighted by Crippen LogP contribution is -2.57. The van der Waals surface area contributed by atoms with Gasteiger partial charge in [-0.1, -0.05) is 25.0 Å². The molecule has 3 amide bonds. The highest BCUT2D eigenvalue weighted by Gasteiger charge is 2.39. The number of hydrogen-bond donors (Lipinski definition) is 1. The lowest BCUT2D eigenvalue weighted by atomic mass is 10.0. The molecule has 1 unspecified atom stereocenters. The van der Waals surface area contributed by atoms with Crippen molar-refractivity contribution in [1.82, 2.24) is 19.8 Å². The van der Waals surface area contributed by atoms with Crippen molar-refractivity contribution in [3.8, 4) is 11.1 Å². The predicted molar refractivity (Wildman–Crippen MR) is 127 cm³/mol. The summed E-state index contributed by atoms with van der Waals surface area (Å²) in [5.41, 5.74) is 1.37. The molecule has 0 spiro atoms. The maximum absolute atomic E-state index is 13.4. The van der Waals surface area contributed by atoms with E-state index in [0.29, 0.717) is 30.1 Å². The van der Waals surface area contributed by atoms with Gasteiger partial charge < -0.3 is 14.5 Å². The minimum absolute atomic E-state index is 0.0177. The second-order valence-electron chi connectivity index (χ2n) is 9.96. The van der Waals surface area contributed by atoms with Crippen LogP contribution in [-0.2, 0) is 9.53 Å². The number of piperazine rings is 1. The first kappa shape index (κ1) is 23.7. The van der Waals surface area contributed by atoms with E-state index < -0.39 is 17.7 Å². The van der Waals surface area contributed by atoms with Crippen molar-refractivity contribution in [1.29, 1.82) is 0 Å². The van der Waals surface area contributed by atoms with Crippen LogP contribution < -0.4 is 5.32 Å². The minimum Gasteiger partial charge on any atom is -0.444 e. The van der Waals surface area contributed by atoms with Crippen molar-refractivity contribution in [2.24, 2.45) is 5.92 Å². The quantitative estimate of drug-likeness (QED) is 0.724. The van der Waals surface area contributed by atoms with Crippen LogP contribution in [-0.4, -0.2) is 69.5 Å². The van der Waals surface area contributed by atoms with Gasteiger partial charge >= 0.3 is 6.09 Å².